The Labute approximate surface area is 146 Å². The lowest BCUT2D eigenvalue weighted by Crippen LogP contribution is -2.13. The summed E-state index contributed by atoms with van der Waals surface area (Å²) < 4.78 is 0. The topological polar surface area (TPSA) is 77.8 Å². The first-order valence-electron chi connectivity index (χ1n) is 9.44. The lowest BCUT2D eigenvalue weighted by Gasteiger charge is -2.17. The number of aliphatic carboxylic acids is 1. The van der Waals surface area contributed by atoms with Gasteiger partial charge in [0.2, 0.25) is 0 Å². The minimum atomic E-state index is -0.934. The number of aliphatic hydroxyl groups is 2. The molecule has 0 saturated heterocycles. The van der Waals surface area contributed by atoms with Gasteiger partial charge in [0.15, 0.2) is 0 Å². The molecule has 1 aliphatic rings. The molecule has 4 heteroatoms. The van der Waals surface area contributed by atoms with Gasteiger partial charge in [0.1, 0.15) is 0 Å². The van der Waals surface area contributed by atoms with Gasteiger partial charge in [0, 0.05) is 0 Å². The maximum atomic E-state index is 10.5. The molecule has 3 N–H and O–H groups in total. The van der Waals surface area contributed by atoms with Gasteiger partial charge in [-0.2, -0.15) is 0 Å². The van der Waals surface area contributed by atoms with Gasteiger partial charge in [0.05, 0.1) is 18.6 Å². The molecular formula is C20H34O4. The zero-order chi connectivity index (χ0) is 17.8. The van der Waals surface area contributed by atoms with Crippen LogP contribution >= 0.6 is 0 Å². The zero-order valence-corrected chi connectivity index (χ0v) is 14.9. The number of carboxylic acids is 1. The Kier molecular flexibility index (Phi) is 10.7. The van der Waals surface area contributed by atoms with Crippen LogP contribution in [0.1, 0.15) is 71.1 Å². The summed E-state index contributed by atoms with van der Waals surface area (Å²) in [4.78, 5) is 10.5. The molecule has 138 valence electrons. The number of aliphatic hydroxyl groups excluding tert-OH is 2. The number of hydrogen-bond donors (Lipinski definition) is 3. The first-order chi connectivity index (χ1) is 11.5. The molecule has 1 aliphatic carbocycles. The molecule has 0 radical (unpaired) electrons. The Morgan fingerprint density at radius 2 is 2.00 bits per heavy atom. The number of rotatable bonds is 12. The molecule has 0 aliphatic heterocycles. The summed E-state index contributed by atoms with van der Waals surface area (Å²) in [5.41, 5.74) is 0. The summed E-state index contributed by atoms with van der Waals surface area (Å²) in [5, 5.41) is 28.2. The summed E-state index contributed by atoms with van der Waals surface area (Å²) in [6.07, 6.45) is 16.0. The molecule has 0 aromatic carbocycles. The van der Waals surface area contributed by atoms with Crippen molar-refractivity contribution in [3.8, 4) is 0 Å². The van der Waals surface area contributed by atoms with E-state index in [1.807, 2.05) is 12.2 Å². The number of allylic oxidation sites excluding steroid dienone is 2. The lowest BCUT2D eigenvalue weighted by atomic mass is 9.89. The van der Waals surface area contributed by atoms with Crippen molar-refractivity contribution in [1.82, 2.24) is 0 Å². The van der Waals surface area contributed by atoms with Crippen LogP contribution in [0.5, 0.6) is 0 Å². The fraction of sp³-hybridized carbons (Fsp3) is 0.750. The SMILES string of the molecule is CCC=CCC(O)C=C[C@H]1CCC[C@@H]1CCCCC(O)CC(=O)O. The Hall–Kier alpha value is -1.13. The summed E-state index contributed by atoms with van der Waals surface area (Å²) in [7, 11) is 0. The van der Waals surface area contributed by atoms with Crippen molar-refractivity contribution >= 4 is 5.97 Å². The Balaban J connectivity index is 2.25. The summed E-state index contributed by atoms with van der Waals surface area (Å²) in [6.45, 7) is 2.09. The number of carboxylic acid groups (broad SMARTS) is 1. The van der Waals surface area contributed by atoms with Crippen LogP contribution in [-0.4, -0.2) is 33.5 Å². The van der Waals surface area contributed by atoms with Crippen LogP contribution in [0.3, 0.4) is 0 Å². The zero-order valence-electron chi connectivity index (χ0n) is 14.9. The maximum absolute atomic E-state index is 10.5. The van der Waals surface area contributed by atoms with Gasteiger partial charge in [-0.1, -0.05) is 50.5 Å². The fourth-order valence-corrected chi connectivity index (χ4v) is 3.52. The quantitative estimate of drug-likeness (QED) is 0.370. The Bertz CT molecular complexity index is 402. The maximum Gasteiger partial charge on any atom is 0.305 e. The van der Waals surface area contributed by atoms with Crippen LogP contribution in [-0.2, 0) is 4.79 Å². The molecule has 4 atom stereocenters. The average molecular weight is 338 g/mol. The van der Waals surface area contributed by atoms with Crippen LogP contribution < -0.4 is 0 Å². The highest BCUT2D eigenvalue weighted by Crippen LogP contribution is 2.36. The van der Waals surface area contributed by atoms with E-state index < -0.39 is 12.1 Å². The van der Waals surface area contributed by atoms with Crippen molar-refractivity contribution in [1.29, 1.82) is 0 Å². The van der Waals surface area contributed by atoms with E-state index in [0.29, 0.717) is 24.7 Å². The second-order valence-corrected chi connectivity index (χ2v) is 6.96. The van der Waals surface area contributed by atoms with Gasteiger partial charge < -0.3 is 15.3 Å². The molecule has 0 aromatic rings. The van der Waals surface area contributed by atoms with Crippen molar-refractivity contribution in [2.75, 3.05) is 0 Å². The van der Waals surface area contributed by atoms with E-state index in [1.54, 1.807) is 0 Å². The Morgan fingerprint density at radius 1 is 1.21 bits per heavy atom. The van der Waals surface area contributed by atoms with Gasteiger partial charge in [-0.3, -0.25) is 4.79 Å². The molecule has 0 aromatic heterocycles. The predicted molar refractivity (Wildman–Crippen MR) is 96.8 cm³/mol. The minimum absolute atomic E-state index is 0.154. The van der Waals surface area contributed by atoms with Crippen molar-refractivity contribution < 1.29 is 20.1 Å². The summed E-state index contributed by atoms with van der Waals surface area (Å²) in [6, 6.07) is 0. The molecule has 0 amide bonds. The number of unbranched alkanes of at least 4 members (excludes halogenated alkanes) is 1. The average Bonchev–Trinajstić information content (AvgIpc) is 2.96. The molecule has 1 saturated carbocycles. The fourth-order valence-electron chi connectivity index (χ4n) is 3.52. The molecule has 1 fully saturated rings. The molecule has 1 rings (SSSR count). The van der Waals surface area contributed by atoms with Crippen molar-refractivity contribution in [3.05, 3.63) is 24.3 Å². The molecular weight excluding hydrogens is 304 g/mol. The third-order valence-corrected chi connectivity index (χ3v) is 4.85. The van der Waals surface area contributed by atoms with E-state index in [-0.39, 0.29) is 12.5 Å². The summed E-state index contributed by atoms with van der Waals surface area (Å²) in [5.74, 6) is 0.283. The van der Waals surface area contributed by atoms with Gasteiger partial charge in [-0.25, -0.2) is 0 Å². The molecule has 2 unspecified atom stereocenters. The van der Waals surface area contributed by atoms with Crippen LogP contribution in [0.25, 0.3) is 0 Å². The van der Waals surface area contributed by atoms with Crippen molar-refractivity contribution in [2.45, 2.75) is 83.3 Å². The van der Waals surface area contributed by atoms with Crippen LogP contribution in [0.15, 0.2) is 24.3 Å². The highest BCUT2D eigenvalue weighted by molar-refractivity contribution is 5.67. The van der Waals surface area contributed by atoms with E-state index in [0.717, 1.165) is 25.7 Å². The predicted octanol–water partition coefficient (Wildman–Crippen LogP) is 4.07. The van der Waals surface area contributed by atoms with Gasteiger partial charge in [-0.05, 0) is 50.4 Å². The number of hydrogen-bond acceptors (Lipinski definition) is 3. The second-order valence-electron chi connectivity index (χ2n) is 6.96. The van der Waals surface area contributed by atoms with E-state index in [1.165, 1.54) is 19.3 Å². The van der Waals surface area contributed by atoms with E-state index in [2.05, 4.69) is 19.1 Å². The molecule has 0 bridgehead atoms. The molecule has 24 heavy (non-hydrogen) atoms. The Morgan fingerprint density at radius 3 is 2.71 bits per heavy atom. The largest absolute Gasteiger partial charge is 0.481 e. The normalized spacial score (nSPS) is 24.0. The van der Waals surface area contributed by atoms with Crippen LogP contribution in [0, 0.1) is 11.8 Å². The van der Waals surface area contributed by atoms with Crippen LogP contribution in [0.4, 0.5) is 0 Å². The highest BCUT2D eigenvalue weighted by Gasteiger charge is 2.24. The third kappa shape index (κ3) is 9.24. The van der Waals surface area contributed by atoms with Crippen LogP contribution in [0.2, 0.25) is 0 Å². The second kappa shape index (κ2) is 12.3. The molecule has 0 spiro atoms. The minimum Gasteiger partial charge on any atom is -0.481 e. The first-order valence-corrected chi connectivity index (χ1v) is 9.44. The lowest BCUT2D eigenvalue weighted by molar-refractivity contribution is -0.139. The van der Waals surface area contributed by atoms with Gasteiger partial charge in [-0.15, -0.1) is 0 Å². The molecule has 0 heterocycles. The van der Waals surface area contributed by atoms with E-state index in [9.17, 15) is 15.0 Å². The van der Waals surface area contributed by atoms with Gasteiger partial charge in [0.25, 0.3) is 0 Å². The number of carbonyl (C=O) groups is 1. The van der Waals surface area contributed by atoms with Crippen molar-refractivity contribution in [2.24, 2.45) is 11.8 Å². The van der Waals surface area contributed by atoms with Crippen molar-refractivity contribution in [3.63, 3.8) is 0 Å². The first kappa shape index (κ1) is 20.9. The van der Waals surface area contributed by atoms with Gasteiger partial charge >= 0.3 is 5.97 Å². The third-order valence-electron chi connectivity index (χ3n) is 4.85. The standard InChI is InChI=1S/C20H34O4/c1-2-3-4-11-18(21)14-13-17-10-7-9-16(17)8-5-6-12-19(22)15-20(23)24/h3-4,13-14,16-19,21-22H,2,5-12,15H2,1H3,(H,23,24)/t16-,17+,18?,19?/m0/s1. The smallest absolute Gasteiger partial charge is 0.305 e. The highest BCUT2D eigenvalue weighted by atomic mass is 16.4. The molecule has 4 nitrogen and oxygen atoms in total. The monoisotopic (exact) mass is 338 g/mol. The van der Waals surface area contributed by atoms with E-state index >= 15 is 0 Å². The summed E-state index contributed by atoms with van der Waals surface area (Å²) >= 11 is 0. The van der Waals surface area contributed by atoms with E-state index in [4.69, 9.17) is 5.11 Å².